The molecule has 0 aliphatic heterocycles. The van der Waals surface area contributed by atoms with E-state index in [4.69, 9.17) is 0 Å². The Hall–Kier alpha value is -1.16. The standard InChI is InChI=1S/C14H23N3S/c1-3-15-14(16-4-2)17-11-8-12-18-13-9-6-5-7-10-13/h5-7,9-10H,3-4,8,11-12H2,1-2H3,(H2,15,16,17). The molecule has 100 valence electrons. The number of aliphatic imine (C=N–C) groups is 1. The number of thioether (sulfide) groups is 1. The number of rotatable bonds is 7. The molecule has 0 spiro atoms. The second kappa shape index (κ2) is 9.83. The van der Waals surface area contributed by atoms with Crippen molar-refractivity contribution in [2.45, 2.75) is 25.2 Å². The highest BCUT2D eigenvalue weighted by molar-refractivity contribution is 7.99. The topological polar surface area (TPSA) is 36.4 Å². The normalized spacial score (nSPS) is 9.89. The molecule has 0 unspecified atom stereocenters. The zero-order valence-electron chi connectivity index (χ0n) is 11.3. The minimum atomic E-state index is 0.870. The van der Waals surface area contributed by atoms with Crippen molar-refractivity contribution in [3.63, 3.8) is 0 Å². The molecule has 4 heteroatoms. The van der Waals surface area contributed by atoms with E-state index >= 15 is 0 Å². The fourth-order valence-electron chi connectivity index (χ4n) is 1.47. The Morgan fingerprint density at radius 2 is 1.78 bits per heavy atom. The van der Waals surface area contributed by atoms with E-state index in [9.17, 15) is 0 Å². The van der Waals surface area contributed by atoms with Crippen LogP contribution in [0.3, 0.4) is 0 Å². The first-order chi connectivity index (χ1) is 8.86. The van der Waals surface area contributed by atoms with E-state index in [2.05, 4.69) is 53.7 Å². The maximum atomic E-state index is 4.52. The third kappa shape index (κ3) is 6.55. The maximum Gasteiger partial charge on any atom is 0.191 e. The molecule has 0 heterocycles. The van der Waals surface area contributed by atoms with Gasteiger partial charge in [0.05, 0.1) is 0 Å². The lowest BCUT2D eigenvalue weighted by Gasteiger charge is -2.08. The van der Waals surface area contributed by atoms with Gasteiger partial charge in [0.2, 0.25) is 0 Å². The highest BCUT2D eigenvalue weighted by Gasteiger charge is 1.95. The molecule has 3 nitrogen and oxygen atoms in total. The fraction of sp³-hybridized carbons (Fsp3) is 0.500. The molecule has 18 heavy (non-hydrogen) atoms. The van der Waals surface area contributed by atoms with Gasteiger partial charge in [-0.15, -0.1) is 11.8 Å². The fourth-order valence-corrected chi connectivity index (χ4v) is 2.33. The molecule has 0 saturated carbocycles. The number of benzene rings is 1. The molecule has 1 aromatic rings. The van der Waals surface area contributed by atoms with Gasteiger partial charge >= 0.3 is 0 Å². The third-order valence-electron chi connectivity index (χ3n) is 2.27. The minimum absolute atomic E-state index is 0.870. The zero-order valence-corrected chi connectivity index (χ0v) is 12.1. The molecule has 1 rings (SSSR count). The lowest BCUT2D eigenvalue weighted by molar-refractivity contribution is 0.829. The van der Waals surface area contributed by atoms with Gasteiger partial charge in [-0.1, -0.05) is 18.2 Å². The summed E-state index contributed by atoms with van der Waals surface area (Å²) in [5.41, 5.74) is 0. The molecular weight excluding hydrogens is 242 g/mol. The quantitative estimate of drug-likeness (QED) is 0.344. The number of nitrogens with zero attached hydrogens (tertiary/aromatic N) is 1. The van der Waals surface area contributed by atoms with Gasteiger partial charge in [-0.2, -0.15) is 0 Å². The summed E-state index contributed by atoms with van der Waals surface area (Å²) >= 11 is 1.89. The Labute approximate surface area is 114 Å². The van der Waals surface area contributed by atoms with E-state index in [0.717, 1.165) is 37.8 Å². The van der Waals surface area contributed by atoms with Gasteiger partial charge in [-0.25, -0.2) is 0 Å². The summed E-state index contributed by atoms with van der Waals surface area (Å²) in [7, 11) is 0. The maximum absolute atomic E-state index is 4.52. The summed E-state index contributed by atoms with van der Waals surface area (Å²) in [6, 6.07) is 10.5. The van der Waals surface area contributed by atoms with E-state index in [1.807, 2.05) is 17.8 Å². The Bertz CT molecular complexity index is 330. The van der Waals surface area contributed by atoms with Gasteiger partial charge in [0.25, 0.3) is 0 Å². The number of hydrogen-bond donors (Lipinski definition) is 2. The van der Waals surface area contributed by atoms with Gasteiger partial charge in [0, 0.05) is 24.5 Å². The van der Waals surface area contributed by atoms with Gasteiger partial charge in [-0.05, 0) is 38.2 Å². The second-order valence-electron chi connectivity index (χ2n) is 3.81. The van der Waals surface area contributed by atoms with Gasteiger partial charge < -0.3 is 10.6 Å². The Kier molecular flexibility index (Phi) is 8.13. The van der Waals surface area contributed by atoms with E-state index in [1.165, 1.54) is 4.90 Å². The SMILES string of the molecule is CCNC(=NCCCSc1ccccc1)NCC. The van der Waals surface area contributed by atoms with Crippen molar-refractivity contribution < 1.29 is 0 Å². The summed E-state index contributed by atoms with van der Waals surface area (Å²) < 4.78 is 0. The summed E-state index contributed by atoms with van der Waals surface area (Å²) in [5.74, 6) is 2.03. The van der Waals surface area contributed by atoms with Crippen molar-refractivity contribution in [2.75, 3.05) is 25.4 Å². The van der Waals surface area contributed by atoms with Crippen LogP contribution in [0.4, 0.5) is 0 Å². The zero-order chi connectivity index (χ0) is 13.1. The summed E-state index contributed by atoms with van der Waals surface area (Å²) in [6.07, 6.45) is 1.10. The van der Waals surface area contributed by atoms with Gasteiger partial charge in [0.15, 0.2) is 5.96 Å². The van der Waals surface area contributed by atoms with Crippen LogP contribution in [0.15, 0.2) is 40.2 Å². The van der Waals surface area contributed by atoms with Crippen LogP contribution in [0, 0.1) is 0 Å². The van der Waals surface area contributed by atoms with E-state index in [-0.39, 0.29) is 0 Å². The first-order valence-electron chi connectivity index (χ1n) is 6.56. The van der Waals surface area contributed by atoms with Crippen LogP contribution in [-0.2, 0) is 0 Å². The summed E-state index contributed by atoms with van der Waals surface area (Å²) in [5, 5.41) is 6.45. The monoisotopic (exact) mass is 265 g/mol. The molecule has 0 fully saturated rings. The van der Waals surface area contributed by atoms with Crippen LogP contribution < -0.4 is 10.6 Å². The second-order valence-corrected chi connectivity index (χ2v) is 4.97. The largest absolute Gasteiger partial charge is 0.357 e. The average Bonchev–Trinajstić information content (AvgIpc) is 2.40. The van der Waals surface area contributed by atoms with Crippen LogP contribution >= 0.6 is 11.8 Å². The molecule has 0 saturated heterocycles. The van der Waals surface area contributed by atoms with E-state index in [0.29, 0.717) is 0 Å². The third-order valence-corrected chi connectivity index (χ3v) is 3.37. The Morgan fingerprint density at radius 1 is 1.11 bits per heavy atom. The molecule has 0 aliphatic carbocycles. The predicted molar refractivity (Wildman–Crippen MR) is 81.4 cm³/mol. The van der Waals surface area contributed by atoms with Crippen molar-refractivity contribution in [1.82, 2.24) is 10.6 Å². The van der Waals surface area contributed by atoms with Crippen molar-refractivity contribution in [3.05, 3.63) is 30.3 Å². The molecule has 0 aromatic heterocycles. The summed E-state index contributed by atoms with van der Waals surface area (Å²) in [6.45, 7) is 6.85. The average molecular weight is 265 g/mol. The van der Waals surface area contributed by atoms with Gasteiger partial charge in [-0.3, -0.25) is 4.99 Å². The first-order valence-corrected chi connectivity index (χ1v) is 7.55. The smallest absolute Gasteiger partial charge is 0.191 e. The lowest BCUT2D eigenvalue weighted by Crippen LogP contribution is -2.37. The van der Waals surface area contributed by atoms with Crippen molar-refractivity contribution in [1.29, 1.82) is 0 Å². The Balaban J connectivity index is 2.18. The molecule has 0 aliphatic rings. The molecule has 0 amide bonds. The number of hydrogen-bond acceptors (Lipinski definition) is 2. The van der Waals surface area contributed by atoms with Crippen LogP contribution in [0.5, 0.6) is 0 Å². The molecule has 1 aromatic carbocycles. The molecule has 0 atom stereocenters. The van der Waals surface area contributed by atoms with Crippen molar-refractivity contribution in [2.24, 2.45) is 4.99 Å². The van der Waals surface area contributed by atoms with Crippen LogP contribution in [-0.4, -0.2) is 31.3 Å². The van der Waals surface area contributed by atoms with Crippen molar-refractivity contribution in [3.8, 4) is 0 Å². The number of guanidine groups is 1. The summed E-state index contributed by atoms with van der Waals surface area (Å²) in [4.78, 5) is 5.85. The van der Waals surface area contributed by atoms with E-state index in [1.54, 1.807) is 0 Å². The molecule has 0 radical (unpaired) electrons. The lowest BCUT2D eigenvalue weighted by atomic mass is 10.4. The van der Waals surface area contributed by atoms with Crippen LogP contribution in [0.1, 0.15) is 20.3 Å². The Morgan fingerprint density at radius 3 is 2.39 bits per heavy atom. The van der Waals surface area contributed by atoms with Gasteiger partial charge in [0.1, 0.15) is 0 Å². The predicted octanol–water partition coefficient (Wildman–Crippen LogP) is 2.74. The van der Waals surface area contributed by atoms with Crippen LogP contribution in [0.2, 0.25) is 0 Å². The number of nitrogens with one attached hydrogen (secondary N) is 2. The highest BCUT2D eigenvalue weighted by atomic mass is 32.2. The molecule has 0 bridgehead atoms. The molecular formula is C14H23N3S. The van der Waals surface area contributed by atoms with Crippen LogP contribution in [0.25, 0.3) is 0 Å². The molecule has 2 N–H and O–H groups in total. The van der Waals surface area contributed by atoms with Crippen molar-refractivity contribution >= 4 is 17.7 Å². The highest BCUT2D eigenvalue weighted by Crippen LogP contribution is 2.17. The minimum Gasteiger partial charge on any atom is -0.357 e. The van der Waals surface area contributed by atoms with E-state index < -0.39 is 0 Å². The first kappa shape index (κ1) is 14.9.